The van der Waals surface area contributed by atoms with E-state index in [0.29, 0.717) is 6.04 Å². The first-order chi connectivity index (χ1) is 9.79. The predicted octanol–water partition coefficient (Wildman–Crippen LogP) is 5.53. The first-order valence-electron chi connectivity index (χ1n) is 8.13. The molecule has 1 atom stereocenters. The first kappa shape index (κ1) is 17.5. The van der Waals surface area contributed by atoms with Crippen molar-refractivity contribution in [3.05, 3.63) is 29.0 Å². The molecule has 0 aliphatic carbocycles. The molecule has 0 bridgehead atoms. The van der Waals surface area contributed by atoms with E-state index in [-0.39, 0.29) is 0 Å². The molecule has 0 radical (unpaired) electrons. The Balaban J connectivity index is 2.42. The van der Waals surface area contributed by atoms with Gasteiger partial charge in [-0.2, -0.15) is 0 Å². The van der Waals surface area contributed by atoms with Crippen LogP contribution in [0.15, 0.2) is 18.3 Å². The van der Waals surface area contributed by atoms with Crippen molar-refractivity contribution in [1.29, 1.82) is 0 Å². The van der Waals surface area contributed by atoms with Crippen LogP contribution in [0.5, 0.6) is 0 Å². The molecule has 1 aromatic heterocycles. The Labute approximate surface area is 129 Å². The number of hydrogen-bond donors (Lipinski definition) is 1. The lowest BCUT2D eigenvalue weighted by Gasteiger charge is -2.19. The Bertz CT molecular complexity index is 355. The quantitative estimate of drug-likeness (QED) is 0.543. The SMILES string of the molecule is CCCCCCCCC(NCCC)c1ncccc1Cl. The maximum atomic E-state index is 6.28. The van der Waals surface area contributed by atoms with E-state index in [2.05, 4.69) is 24.1 Å². The molecule has 0 aromatic carbocycles. The number of nitrogens with zero attached hydrogens (tertiary/aromatic N) is 1. The average Bonchev–Trinajstić information content (AvgIpc) is 2.47. The molecule has 0 aliphatic heterocycles. The number of halogens is 1. The largest absolute Gasteiger partial charge is 0.309 e. The van der Waals surface area contributed by atoms with Gasteiger partial charge in [-0.15, -0.1) is 0 Å². The van der Waals surface area contributed by atoms with E-state index in [9.17, 15) is 0 Å². The Morgan fingerprint density at radius 3 is 2.55 bits per heavy atom. The standard InChI is InChI=1S/C17H29ClN2/c1-3-5-6-7-8-9-12-16(19-13-4-2)17-15(18)11-10-14-20-17/h10-11,14,16,19H,3-9,12-13H2,1-2H3. The maximum absolute atomic E-state index is 6.28. The van der Waals surface area contributed by atoms with Crippen LogP contribution < -0.4 is 5.32 Å². The zero-order chi connectivity index (χ0) is 14.6. The van der Waals surface area contributed by atoms with Crippen LogP contribution in [-0.2, 0) is 0 Å². The highest BCUT2D eigenvalue weighted by Gasteiger charge is 2.14. The number of nitrogens with one attached hydrogen (secondary N) is 1. The third-order valence-corrected chi connectivity index (χ3v) is 3.92. The van der Waals surface area contributed by atoms with E-state index in [1.807, 2.05) is 18.3 Å². The van der Waals surface area contributed by atoms with Gasteiger partial charge in [-0.1, -0.05) is 64.0 Å². The molecule has 20 heavy (non-hydrogen) atoms. The fourth-order valence-electron chi connectivity index (χ4n) is 2.44. The summed E-state index contributed by atoms with van der Waals surface area (Å²) in [5, 5.41) is 4.37. The van der Waals surface area contributed by atoms with Crippen LogP contribution in [0.25, 0.3) is 0 Å². The second kappa shape index (κ2) is 11.1. The van der Waals surface area contributed by atoms with Crippen molar-refractivity contribution >= 4 is 11.6 Å². The van der Waals surface area contributed by atoms with Crippen LogP contribution in [0.3, 0.4) is 0 Å². The van der Waals surface area contributed by atoms with Crippen molar-refractivity contribution in [2.45, 2.75) is 71.3 Å². The molecule has 114 valence electrons. The van der Waals surface area contributed by atoms with Gasteiger partial charge in [0, 0.05) is 6.20 Å². The van der Waals surface area contributed by atoms with Gasteiger partial charge in [-0.25, -0.2) is 0 Å². The van der Waals surface area contributed by atoms with E-state index in [4.69, 9.17) is 11.6 Å². The number of aromatic nitrogens is 1. The zero-order valence-electron chi connectivity index (χ0n) is 13.0. The molecule has 1 heterocycles. The molecule has 3 heteroatoms. The summed E-state index contributed by atoms with van der Waals surface area (Å²) in [5.41, 5.74) is 1.01. The fourth-order valence-corrected chi connectivity index (χ4v) is 2.69. The smallest absolute Gasteiger partial charge is 0.0758 e. The van der Waals surface area contributed by atoms with Gasteiger partial charge in [-0.05, 0) is 31.5 Å². The predicted molar refractivity (Wildman–Crippen MR) is 88.3 cm³/mol. The number of unbranched alkanes of at least 4 members (excludes halogenated alkanes) is 5. The molecular weight excluding hydrogens is 268 g/mol. The molecule has 0 amide bonds. The van der Waals surface area contributed by atoms with Crippen LogP contribution in [0.4, 0.5) is 0 Å². The van der Waals surface area contributed by atoms with Gasteiger partial charge in [0.2, 0.25) is 0 Å². The number of hydrogen-bond acceptors (Lipinski definition) is 2. The van der Waals surface area contributed by atoms with Crippen LogP contribution in [0.1, 0.15) is 76.9 Å². The fraction of sp³-hybridized carbons (Fsp3) is 0.706. The van der Waals surface area contributed by atoms with Crippen molar-refractivity contribution < 1.29 is 0 Å². The monoisotopic (exact) mass is 296 g/mol. The Hall–Kier alpha value is -0.600. The summed E-state index contributed by atoms with van der Waals surface area (Å²) in [6.07, 6.45) is 12.1. The topological polar surface area (TPSA) is 24.9 Å². The highest BCUT2D eigenvalue weighted by Crippen LogP contribution is 2.25. The molecule has 2 nitrogen and oxygen atoms in total. The minimum Gasteiger partial charge on any atom is -0.309 e. The molecule has 1 aromatic rings. The van der Waals surface area contributed by atoms with Gasteiger partial charge in [0.25, 0.3) is 0 Å². The first-order valence-corrected chi connectivity index (χ1v) is 8.51. The van der Waals surface area contributed by atoms with E-state index >= 15 is 0 Å². The minimum atomic E-state index is 0.301. The Morgan fingerprint density at radius 2 is 1.85 bits per heavy atom. The van der Waals surface area contributed by atoms with Crippen molar-refractivity contribution in [3.63, 3.8) is 0 Å². The lowest BCUT2D eigenvalue weighted by molar-refractivity contribution is 0.458. The molecular formula is C17H29ClN2. The summed E-state index contributed by atoms with van der Waals surface area (Å²) in [6.45, 7) is 5.47. The normalized spacial score (nSPS) is 12.6. The summed E-state index contributed by atoms with van der Waals surface area (Å²) >= 11 is 6.28. The van der Waals surface area contributed by atoms with Crippen molar-refractivity contribution in [2.75, 3.05) is 6.54 Å². The zero-order valence-corrected chi connectivity index (χ0v) is 13.8. The van der Waals surface area contributed by atoms with Crippen LogP contribution in [0, 0.1) is 0 Å². The van der Waals surface area contributed by atoms with Crippen molar-refractivity contribution in [1.82, 2.24) is 10.3 Å². The van der Waals surface area contributed by atoms with Crippen molar-refractivity contribution in [2.24, 2.45) is 0 Å². The molecule has 0 aliphatic rings. The maximum Gasteiger partial charge on any atom is 0.0758 e. The molecule has 1 unspecified atom stereocenters. The van der Waals surface area contributed by atoms with Gasteiger partial charge < -0.3 is 5.32 Å². The third kappa shape index (κ3) is 6.71. The van der Waals surface area contributed by atoms with Crippen LogP contribution in [0.2, 0.25) is 5.02 Å². The van der Waals surface area contributed by atoms with Crippen LogP contribution in [-0.4, -0.2) is 11.5 Å². The molecule has 0 spiro atoms. The highest BCUT2D eigenvalue weighted by molar-refractivity contribution is 6.31. The summed E-state index contributed by atoms with van der Waals surface area (Å²) in [5.74, 6) is 0. The second-order valence-corrected chi connectivity index (χ2v) is 5.84. The van der Waals surface area contributed by atoms with Gasteiger partial charge >= 0.3 is 0 Å². The Morgan fingerprint density at radius 1 is 1.10 bits per heavy atom. The average molecular weight is 297 g/mol. The summed E-state index contributed by atoms with van der Waals surface area (Å²) in [6, 6.07) is 4.13. The Kier molecular flexibility index (Phi) is 9.69. The lowest BCUT2D eigenvalue weighted by Crippen LogP contribution is -2.23. The minimum absolute atomic E-state index is 0.301. The van der Waals surface area contributed by atoms with Gasteiger partial charge in [-0.3, -0.25) is 4.98 Å². The van der Waals surface area contributed by atoms with E-state index in [0.717, 1.165) is 30.1 Å². The molecule has 1 N–H and O–H groups in total. The summed E-state index contributed by atoms with van der Waals surface area (Å²) in [4.78, 5) is 4.47. The van der Waals surface area contributed by atoms with Gasteiger partial charge in [0.1, 0.15) is 0 Å². The van der Waals surface area contributed by atoms with Gasteiger partial charge in [0.05, 0.1) is 16.8 Å². The lowest BCUT2D eigenvalue weighted by atomic mass is 10.0. The summed E-state index contributed by atoms with van der Waals surface area (Å²) in [7, 11) is 0. The second-order valence-electron chi connectivity index (χ2n) is 5.43. The molecule has 0 saturated carbocycles. The molecule has 0 saturated heterocycles. The van der Waals surface area contributed by atoms with Crippen LogP contribution >= 0.6 is 11.6 Å². The van der Waals surface area contributed by atoms with E-state index in [1.54, 1.807) is 0 Å². The van der Waals surface area contributed by atoms with Gasteiger partial charge in [0.15, 0.2) is 0 Å². The van der Waals surface area contributed by atoms with E-state index in [1.165, 1.54) is 38.5 Å². The van der Waals surface area contributed by atoms with E-state index < -0.39 is 0 Å². The molecule has 1 rings (SSSR count). The third-order valence-electron chi connectivity index (χ3n) is 3.60. The highest BCUT2D eigenvalue weighted by atomic mass is 35.5. The number of rotatable bonds is 11. The van der Waals surface area contributed by atoms with Crippen molar-refractivity contribution in [3.8, 4) is 0 Å². The number of pyridine rings is 1. The molecule has 0 fully saturated rings. The summed E-state index contributed by atoms with van der Waals surface area (Å²) < 4.78 is 0.